The Labute approximate surface area is 147 Å². The lowest BCUT2D eigenvalue weighted by atomic mass is 9.97. The summed E-state index contributed by atoms with van der Waals surface area (Å²) in [6, 6.07) is 15.4. The number of carbonyl (C=O) groups is 1. The van der Waals surface area contributed by atoms with Crippen molar-refractivity contribution in [3.63, 3.8) is 0 Å². The van der Waals surface area contributed by atoms with Gasteiger partial charge in [0.1, 0.15) is 5.75 Å². The van der Waals surface area contributed by atoms with Crippen molar-refractivity contribution in [2.45, 2.75) is 26.3 Å². The SMILES string of the molecule is CC(C)C[C@H](NC(=O)COc1ccc([N+](=O)[O-])cc1)c1ccccc1. The molecule has 1 atom stereocenters. The number of amides is 1. The maximum Gasteiger partial charge on any atom is 0.269 e. The van der Waals surface area contributed by atoms with E-state index in [1.165, 1.54) is 24.3 Å². The van der Waals surface area contributed by atoms with Crippen LogP contribution < -0.4 is 10.1 Å². The molecule has 0 heterocycles. The van der Waals surface area contributed by atoms with Gasteiger partial charge in [-0.25, -0.2) is 0 Å². The average molecular weight is 342 g/mol. The summed E-state index contributed by atoms with van der Waals surface area (Å²) in [7, 11) is 0. The summed E-state index contributed by atoms with van der Waals surface area (Å²) in [4.78, 5) is 22.4. The first-order chi connectivity index (χ1) is 12.0. The van der Waals surface area contributed by atoms with Crippen molar-refractivity contribution < 1.29 is 14.5 Å². The van der Waals surface area contributed by atoms with Crippen molar-refractivity contribution in [2.24, 2.45) is 5.92 Å². The van der Waals surface area contributed by atoms with Crippen LogP contribution in [0.1, 0.15) is 31.9 Å². The fourth-order valence-corrected chi connectivity index (χ4v) is 2.48. The van der Waals surface area contributed by atoms with Gasteiger partial charge in [0.05, 0.1) is 11.0 Å². The number of nitrogens with zero attached hydrogens (tertiary/aromatic N) is 1. The molecule has 0 spiro atoms. The molecule has 1 amide bonds. The molecule has 0 bridgehead atoms. The van der Waals surface area contributed by atoms with E-state index in [0.717, 1.165) is 12.0 Å². The first-order valence-corrected chi connectivity index (χ1v) is 8.17. The molecule has 0 saturated carbocycles. The molecular weight excluding hydrogens is 320 g/mol. The lowest BCUT2D eigenvalue weighted by Crippen LogP contribution is -2.33. The maximum atomic E-state index is 12.2. The topological polar surface area (TPSA) is 81.5 Å². The number of non-ortho nitro benzene ring substituents is 1. The predicted molar refractivity (Wildman–Crippen MR) is 95.4 cm³/mol. The predicted octanol–water partition coefficient (Wildman–Crippen LogP) is 3.88. The molecule has 25 heavy (non-hydrogen) atoms. The van der Waals surface area contributed by atoms with Gasteiger partial charge in [0.15, 0.2) is 6.61 Å². The highest BCUT2D eigenvalue weighted by Crippen LogP contribution is 2.21. The fourth-order valence-electron chi connectivity index (χ4n) is 2.48. The molecule has 1 N–H and O–H groups in total. The molecule has 0 fully saturated rings. The summed E-state index contributed by atoms with van der Waals surface area (Å²) in [6.07, 6.45) is 0.827. The standard InChI is InChI=1S/C19H22N2O4/c1-14(2)12-18(15-6-4-3-5-7-15)20-19(22)13-25-17-10-8-16(9-11-17)21(23)24/h3-11,14,18H,12-13H2,1-2H3,(H,20,22)/t18-/m0/s1. The molecule has 6 heteroatoms. The van der Waals surface area contributed by atoms with E-state index < -0.39 is 4.92 Å². The highest BCUT2D eigenvalue weighted by atomic mass is 16.6. The molecular formula is C19H22N2O4. The van der Waals surface area contributed by atoms with Crippen molar-refractivity contribution >= 4 is 11.6 Å². The van der Waals surface area contributed by atoms with E-state index in [-0.39, 0.29) is 24.2 Å². The molecule has 6 nitrogen and oxygen atoms in total. The van der Waals surface area contributed by atoms with Crippen LogP contribution in [0.4, 0.5) is 5.69 Å². The number of hydrogen-bond donors (Lipinski definition) is 1. The van der Waals surface area contributed by atoms with Crippen molar-refractivity contribution in [3.05, 3.63) is 70.3 Å². The second kappa shape index (κ2) is 8.82. The van der Waals surface area contributed by atoms with E-state index in [4.69, 9.17) is 4.74 Å². The highest BCUT2D eigenvalue weighted by Gasteiger charge is 2.16. The quantitative estimate of drug-likeness (QED) is 0.583. The molecule has 0 aromatic heterocycles. The Balaban J connectivity index is 1.93. The molecule has 0 saturated heterocycles. The van der Waals surface area contributed by atoms with Crippen LogP contribution in [0.15, 0.2) is 54.6 Å². The zero-order chi connectivity index (χ0) is 18.2. The number of nitrogens with one attached hydrogen (secondary N) is 1. The minimum Gasteiger partial charge on any atom is -0.484 e. The first kappa shape index (κ1) is 18.4. The second-order valence-electron chi connectivity index (χ2n) is 6.20. The lowest BCUT2D eigenvalue weighted by molar-refractivity contribution is -0.384. The molecule has 0 aliphatic heterocycles. The van der Waals surface area contributed by atoms with Gasteiger partial charge in [0, 0.05) is 12.1 Å². The third-order valence-corrected chi connectivity index (χ3v) is 3.66. The average Bonchev–Trinajstić information content (AvgIpc) is 2.60. The third kappa shape index (κ3) is 5.91. The number of benzene rings is 2. The Kier molecular flexibility index (Phi) is 6.51. The van der Waals surface area contributed by atoms with Gasteiger partial charge in [-0.2, -0.15) is 0 Å². The minimum atomic E-state index is -0.479. The van der Waals surface area contributed by atoms with Crippen LogP contribution in [0.2, 0.25) is 0 Å². The summed E-state index contributed by atoms with van der Waals surface area (Å²) in [5, 5.41) is 13.6. The number of nitro groups is 1. The normalized spacial score (nSPS) is 11.8. The van der Waals surface area contributed by atoms with Crippen LogP contribution in [0.25, 0.3) is 0 Å². The van der Waals surface area contributed by atoms with Crippen LogP contribution in [0.3, 0.4) is 0 Å². The number of hydrogen-bond acceptors (Lipinski definition) is 4. The van der Waals surface area contributed by atoms with E-state index in [9.17, 15) is 14.9 Å². The number of rotatable bonds is 8. The Bertz CT molecular complexity index is 699. The van der Waals surface area contributed by atoms with Crippen LogP contribution in [-0.4, -0.2) is 17.4 Å². The van der Waals surface area contributed by atoms with E-state index in [2.05, 4.69) is 19.2 Å². The van der Waals surface area contributed by atoms with Gasteiger partial charge >= 0.3 is 0 Å². The second-order valence-corrected chi connectivity index (χ2v) is 6.20. The zero-order valence-corrected chi connectivity index (χ0v) is 14.3. The smallest absolute Gasteiger partial charge is 0.269 e. The Morgan fingerprint density at radius 3 is 2.32 bits per heavy atom. The Hall–Kier alpha value is -2.89. The molecule has 2 rings (SSSR count). The molecule has 0 radical (unpaired) electrons. The summed E-state index contributed by atoms with van der Waals surface area (Å²) in [5.41, 5.74) is 1.04. The van der Waals surface area contributed by atoms with Crippen molar-refractivity contribution in [2.75, 3.05) is 6.61 Å². The van der Waals surface area contributed by atoms with Crippen molar-refractivity contribution in [3.8, 4) is 5.75 Å². The number of ether oxygens (including phenoxy) is 1. The van der Waals surface area contributed by atoms with Gasteiger partial charge in [-0.15, -0.1) is 0 Å². The molecule has 2 aromatic rings. The third-order valence-electron chi connectivity index (χ3n) is 3.66. The van der Waals surface area contributed by atoms with E-state index >= 15 is 0 Å². The van der Waals surface area contributed by atoms with E-state index in [0.29, 0.717) is 11.7 Å². The van der Waals surface area contributed by atoms with Crippen LogP contribution in [0.5, 0.6) is 5.75 Å². The Morgan fingerprint density at radius 2 is 1.76 bits per heavy atom. The summed E-state index contributed by atoms with van der Waals surface area (Å²) < 4.78 is 5.41. The number of nitro benzene ring substituents is 1. The van der Waals surface area contributed by atoms with Crippen molar-refractivity contribution in [1.82, 2.24) is 5.32 Å². The largest absolute Gasteiger partial charge is 0.484 e. The van der Waals surface area contributed by atoms with Crippen LogP contribution >= 0.6 is 0 Å². The lowest BCUT2D eigenvalue weighted by Gasteiger charge is -2.21. The monoisotopic (exact) mass is 342 g/mol. The summed E-state index contributed by atoms with van der Waals surface area (Å²) >= 11 is 0. The first-order valence-electron chi connectivity index (χ1n) is 8.17. The molecule has 0 unspecified atom stereocenters. The molecule has 2 aromatic carbocycles. The summed E-state index contributed by atoms with van der Waals surface area (Å²) in [6.45, 7) is 4.07. The van der Waals surface area contributed by atoms with Gasteiger partial charge in [-0.1, -0.05) is 44.2 Å². The zero-order valence-electron chi connectivity index (χ0n) is 14.3. The summed E-state index contributed by atoms with van der Waals surface area (Å²) in [5.74, 6) is 0.620. The van der Waals surface area contributed by atoms with Crippen molar-refractivity contribution in [1.29, 1.82) is 0 Å². The van der Waals surface area contributed by atoms with Gasteiger partial charge in [-0.3, -0.25) is 14.9 Å². The molecule has 0 aliphatic rings. The fraction of sp³-hybridized carbons (Fsp3) is 0.316. The van der Waals surface area contributed by atoms with Gasteiger partial charge < -0.3 is 10.1 Å². The van der Waals surface area contributed by atoms with Gasteiger partial charge in [0.2, 0.25) is 0 Å². The van der Waals surface area contributed by atoms with Gasteiger partial charge in [-0.05, 0) is 30.0 Å². The molecule has 132 valence electrons. The van der Waals surface area contributed by atoms with Gasteiger partial charge in [0.25, 0.3) is 11.6 Å². The van der Waals surface area contributed by atoms with E-state index in [1.807, 2.05) is 30.3 Å². The number of carbonyl (C=O) groups excluding carboxylic acids is 1. The van der Waals surface area contributed by atoms with Crippen LogP contribution in [0, 0.1) is 16.0 Å². The van der Waals surface area contributed by atoms with E-state index in [1.54, 1.807) is 0 Å². The highest BCUT2D eigenvalue weighted by molar-refractivity contribution is 5.78. The van der Waals surface area contributed by atoms with Crippen LogP contribution in [-0.2, 0) is 4.79 Å². The maximum absolute atomic E-state index is 12.2. The Morgan fingerprint density at radius 1 is 1.12 bits per heavy atom. The minimum absolute atomic E-state index is 0.0159. The molecule has 0 aliphatic carbocycles.